The standard InChI is InChI=1S/C21H19Cl3FN3O4S/c1-32-19-5-3-16(33(30,31)28-7-6-14-12-15(25)2-4-17(14)28)13-18(19)26-8-10-27(11-9-26)20(29)21(22,23)24/h2-7,12-13H,8-11H2,1H3. The molecule has 0 aliphatic carbocycles. The zero-order valence-corrected chi connectivity index (χ0v) is 20.4. The Hall–Kier alpha value is -2.20. The first-order chi connectivity index (χ1) is 15.5. The number of piperazine rings is 1. The van der Waals surface area contributed by atoms with Gasteiger partial charge in [-0.1, -0.05) is 34.8 Å². The van der Waals surface area contributed by atoms with Crippen LogP contribution in [0.15, 0.2) is 53.6 Å². The molecule has 1 aliphatic rings. The zero-order chi connectivity index (χ0) is 24.0. The topological polar surface area (TPSA) is 71.9 Å². The quantitative estimate of drug-likeness (QED) is 0.473. The van der Waals surface area contributed by atoms with Crippen molar-refractivity contribution >= 4 is 67.3 Å². The Morgan fingerprint density at radius 2 is 1.73 bits per heavy atom. The van der Waals surface area contributed by atoms with Crippen molar-refractivity contribution in [2.24, 2.45) is 0 Å². The Bertz CT molecular complexity index is 1320. The van der Waals surface area contributed by atoms with Gasteiger partial charge < -0.3 is 14.5 Å². The highest BCUT2D eigenvalue weighted by Gasteiger charge is 2.37. The molecule has 4 rings (SSSR count). The van der Waals surface area contributed by atoms with Crippen LogP contribution in [0.3, 0.4) is 0 Å². The van der Waals surface area contributed by atoms with Crippen LogP contribution in [0.25, 0.3) is 10.9 Å². The summed E-state index contributed by atoms with van der Waals surface area (Å²) in [6.45, 7) is 1.36. The number of nitrogens with zero attached hydrogens (tertiary/aromatic N) is 3. The summed E-state index contributed by atoms with van der Waals surface area (Å²) in [7, 11) is -2.48. The molecule has 1 aromatic heterocycles. The molecule has 3 aromatic rings. The highest BCUT2D eigenvalue weighted by molar-refractivity contribution is 7.90. The molecule has 1 saturated heterocycles. The first kappa shape index (κ1) is 23.9. The van der Waals surface area contributed by atoms with E-state index in [1.54, 1.807) is 12.1 Å². The summed E-state index contributed by atoms with van der Waals surface area (Å²) in [5.74, 6) is -0.572. The number of carbonyl (C=O) groups is 1. The van der Waals surface area contributed by atoms with E-state index in [0.29, 0.717) is 48.5 Å². The summed E-state index contributed by atoms with van der Waals surface area (Å²) in [6, 6.07) is 10.0. The monoisotopic (exact) mass is 533 g/mol. The van der Waals surface area contributed by atoms with Gasteiger partial charge >= 0.3 is 0 Å². The minimum absolute atomic E-state index is 0.0416. The number of carbonyl (C=O) groups excluding carboxylic acids is 1. The van der Waals surface area contributed by atoms with Gasteiger partial charge in [-0.3, -0.25) is 4.79 Å². The number of amides is 1. The predicted octanol–water partition coefficient (Wildman–Crippen LogP) is 4.04. The van der Waals surface area contributed by atoms with Crippen molar-refractivity contribution in [2.45, 2.75) is 8.69 Å². The number of fused-ring (bicyclic) bond motifs is 1. The summed E-state index contributed by atoms with van der Waals surface area (Å²) < 4.78 is 44.8. The maximum absolute atomic E-state index is 13.5. The largest absolute Gasteiger partial charge is 0.495 e. The number of anilines is 1. The van der Waals surface area contributed by atoms with Gasteiger partial charge in [0.2, 0.25) is 0 Å². The highest BCUT2D eigenvalue weighted by Crippen LogP contribution is 2.34. The minimum Gasteiger partial charge on any atom is -0.495 e. The normalized spacial score (nSPS) is 15.2. The van der Waals surface area contributed by atoms with Crippen LogP contribution in [0.5, 0.6) is 5.75 Å². The Morgan fingerprint density at radius 3 is 2.36 bits per heavy atom. The van der Waals surface area contributed by atoms with Crippen LogP contribution in [0, 0.1) is 5.82 Å². The van der Waals surface area contributed by atoms with Crippen molar-refractivity contribution < 1.29 is 22.3 Å². The van der Waals surface area contributed by atoms with E-state index in [-0.39, 0.29) is 4.90 Å². The Kier molecular flexibility index (Phi) is 6.43. The Morgan fingerprint density at radius 1 is 1.03 bits per heavy atom. The molecule has 0 N–H and O–H groups in total. The molecule has 0 bridgehead atoms. The Labute approximate surface area is 205 Å². The SMILES string of the molecule is COc1ccc(S(=O)(=O)n2ccc3cc(F)ccc32)cc1N1CCN(C(=O)C(Cl)(Cl)Cl)CC1. The molecule has 2 aromatic carbocycles. The van der Waals surface area contributed by atoms with Gasteiger partial charge in [-0.15, -0.1) is 0 Å². The molecule has 1 fully saturated rings. The number of methoxy groups -OCH3 is 1. The number of aromatic nitrogens is 1. The van der Waals surface area contributed by atoms with E-state index in [2.05, 4.69) is 0 Å². The molecule has 33 heavy (non-hydrogen) atoms. The van der Waals surface area contributed by atoms with Crippen LogP contribution < -0.4 is 9.64 Å². The van der Waals surface area contributed by atoms with Crippen LogP contribution in [0.4, 0.5) is 10.1 Å². The summed E-state index contributed by atoms with van der Waals surface area (Å²) in [6.07, 6.45) is 1.39. The van der Waals surface area contributed by atoms with Gasteiger partial charge in [0.05, 0.1) is 23.2 Å². The average molecular weight is 535 g/mol. The van der Waals surface area contributed by atoms with E-state index in [4.69, 9.17) is 39.5 Å². The third kappa shape index (κ3) is 4.59. The molecule has 7 nitrogen and oxygen atoms in total. The van der Waals surface area contributed by atoms with Crippen molar-refractivity contribution in [3.05, 3.63) is 54.5 Å². The fraction of sp³-hybridized carbons (Fsp3) is 0.286. The van der Waals surface area contributed by atoms with E-state index in [0.717, 1.165) is 3.97 Å². The van der Waals surface area contributed by atoms with Gasteiger partial charge in [0, 0.05) is 37.8 Å². The van der Waals surface area contributed by atoms with Crippen molar-refractivity contribution in [1.82, 2.24) is 8.87 Å². The first-order valence-electron chi connectivity index (χ1n) is 9.83. The molecule has 12 heteroatoms. The lowest BCUT2D eigenvalue weighted by molar-refractivity contribution is -0.130. The third-order valence-corrected chi connectivity index (χ3v) is 7.64. The van der Waals surface area contributed by atoms with Gasteiger partial charge in [-0.05, 0) is 42.5 Å². The predicted molar refractivity (Wildman–Crippen MR) is 127 cm³/mol. The van der Waals surface area contributed by atoms with E-state index < -0.39 is 25.5 Å². The molecule has 0 unspecified atom stereocenters. The van der Waals surface area contributed by atoms with Crippen LogP contribution in [-0.4, -0.2) is 60.3 Å². The summed E-state index contributed by atoms with van der Waals surface area (Å²) in [4.78, 5) is 15.6. The van der Waals surface area contributed by atoms with Crippen molar-refractivity contribution in [2.75, 3.05) is 38.2 Å². The maximum Gasteiger partial charge on any atom is 0.274 e. The molecule has 1 amide bonds. The third-order valence-electron chi connectivity index (χ3n) is 5.47. The van der Waals surface area contributed by atoms with E-state index in [9.17, 15) is 17.6 Å². The van der Waals surface area contributed by atoms with E-state index in [1.807, 2.05) is 4.90 Å². The summed E-state index contributed by atoms with van der Waals surface area (Å²) in [5, 5.41) is 0.474. The van der Waals surface area contributed by atoms with Gasteiger partial charge in [0.25, 0.3) is 19.7 Å². The average Bonchev–Trinajstić information content (AvgIpc) is 3.21. The lowest BCUT2D eigenvalue weighted by atomic mass is 10.2. The number of rotatable bonds is 4. The molecular formula is C21H19Cl3FN3O4S. The fourth-order valence-corrected chi connectivity index (χ4v) is 5.55. The summed E-state index contributed by atoms with van der Waals surface area (Å²) >= 11 is 17.1. The van der Waals surface area contributed by atoms with E-state index in [1.165, 1.54) is 48.5 Å². The van der Waals surface area contributed by atoms with Crippen LogP contribution in [0.2, 0.25) is 0 Å². The molecule has 176 valence electrons. The van der Waals surface area contributed by atoms with Gasteiger partial charge in [-0.25, -0.2) is 16.8 Å². The van der Waals surface area contributed by atoms with Crippen molar-refractivity contribution in [1.29, 1.82) is 0 Å². The van der Waals surface area contributed by atoms with Crippen LogP contribution in [-0.2, 0) is 14.8 Å². The zero-order valence-electron chi connectivity index (χ0n) is 17.3. The van der Waals surface area contributed by atoms with Crippen molar-refractivity contribution in [3.63, 3.8) is 0 Å². The smallest absolute Gasteiger partial charge is 0.274 e. The molecule has 0 spiro atoms. The lowest BCUT2D eigenvalue weighted by Crippen LogP contribution is -2.51. The molecule has 0 atom stereocenters. The number of benzene rings is 2. The van der Waals surface area contributed by atoms with Crippen LogP contribution in [0.1, 0.15) is 0 Å². The molecule has 0 saturated carbocycles. The highest BCUT2D eigenvalue weighted by atomic mass is 35.6. The van der Waals surface area contributed by atoms with E-state index >= 15 is 0 Å². The summed E-state index contributed by atoms with van der Waals surface area (Å²) in [5.41, 5.74) is 0.926. The Balaban J connectivity index is 1.65. The van der Waals surface area contributed by atoms with Gasteiger partial charge in [0.1, 0.15) is 11.6 Å². The molecule has 2 heterocycles. The second-order valence-corrected chi connectivity index (χ2v) is 11.5. The maximum atomic E-state index is 13.5. The minimum atomic E-state index is -3.97. The number of halogens is 4. The van der Waals surface area contributed by atoms with Gasteiger partial charge in [0.15, 0.2) is 0 Å². The number of ether oxygens (including phenoxy) is 1. The second-order valence-electron chi connectivity index (χ2n) is 7.43. The van der Waals surface area contributed by atoms with Crippen LogP contribution >= 0.6 is 34.8 Å². The number of alkyl halides is 3. The number of hydrogen-bond acceptors (Lipinski definition) is 5. The number of hydrogen-bond donors (Lipinski definition) is 0. The van der Waals surface area contributed by atoms with Gasteiger partial charge in [-0.2, -0.15) is 0 Å². The lowest BCUT2D eigenvalue weighted by Gasteiger charge is -2.37. The fourth-order valence-electron chi connectivity index (χ4n) is 3.82. The van der Waals surface area contributed by atoms with Crippen molar-refractivity contribution in [3.8, 4) is 5.75 Å². The molecule has 0 radical (unpaired) electrons. The second kappa shape index (κ2) is 8.87. The first-order valence-corrected chi connectivity index (χ1v) is 12.4. The molecule has 1 aliphatic heterocycles. The molecular weight excluding hydrogens is 516 g/mol.